The van der Waals surface area contributed by atoms with Gasteiger partial charge in [0.2, 0.25) is 5.91 Å². The molecule has 0 radical (unpaired) electrons. The van der Waals surface area contributed by atoms with Crippen molar-refractivity contribution >= 4 is 29.2 Å². The first-order chi connectivity index (χ1) is 14.0. The van der Waals surface area contributed by atoms with Crippen LogP contribution in [0.15, 0.2) is 48.5 Å². The minimum absolute atomic E-state index is 0.0195. The average molecular weight is 400 g/mol. The van der Waals surface area contributed by atoms with Gasteiger partial charge >= 0.3 is 5.97 Å². The highest BCUT2D eigenvalue weighted by Crippen LogP contribution is 2.27. The summed E-state index contributed by atoms with van der Waals surface area (Å²) in [4.78, 5) is 37.9. The number of nitrogens with one attached hydrogen (secondary N) is 1. The van der Waals surface area contributed by atoms with Crippen LogP contribution in [0.3, 0.4) is 0 Å². The number of benzene rings is 2. The van der Waals surface area contributed by atoms with Crippen molar-refractivity contribution in [2.24, 2.45) is 5.92 Å². The Kier molecular flexibility index (Phi) is 6.43. The fourth-order valence-electron chi connectivity index (χ4n) is 2.99. The van der Waals surface area contributed by atoms with E-state index in [2.05, 4.69) is 5.32 Å². The number of esters is 1. The summed E-state index contributed by atoms with van der Waals surface area (Å²) in [7, 11) is 0. The van der Waals surface area contributed by atoms with Crippen molar-refractivity contribution in [3.05, 3.63) is 54.3 Å². The summed E-state index contributed by atoms with van der Waals surface area (Å²) in [6.45, 7) is 2.13. The Hall–Kier alpha value is -3.42. The second kappa shape index (κ2) is 9.18. The van der Waals surface area contributed by atoms with E-state index in [1.54, 1.807) is 24.3 Å². The van der Waals surface area contributed by atoms with Gasteiger partial charge in [-0.3, -0.25) is 14.4 Å². The second-order valence-corrected chi connectivity index (χ2v) is 6.50. The summed E-state index contributed by atoms with van der Waals surface area (Å²) in [6, 6.07) is 12.3. The number of carbonyl (C=O) groups is 3. The number of hydrogen-bond acceptors (Lipinski definition) is 5. The highest BCUT2D eigenvalue weighted by molar-refractivity contribution is 6.00. The third-order valence-corrected chi connectivity index (χ3v) is 4.39. The molecule has 1 aliphatic heterocycles. The van der Waals surface area contributed by atoms with E-state index < -0.39 is 30.2 Å². The fraction of sp³-hybridized carbons (Fsp3) is 0.286. The maximum absolute atomic E-state index is 12.9. The smallest absolute Gasteiger partial charge is 0.311 e. The van der Waals surface area contributed by atoms with Gasteiger partial charge < -0.3 is 19.7 Å². The first-order valence-electron chi connectivity index (χ1n) is 9.21. The summed E-state index contributed by atoms with van der Waals surface area (Å²) in [5.74, 6) is -1.71. The number of anilines is 2. The van der Waals surface area contributed by atoms with Gasteiger partial charge in [0, 0.05) is 24.3 Å². The van der Waals surface area contributed by atoms with Gasteiger partial charge in [0.25, 0.3) is 5.91 Å². The first-order valence-corrected chi connectivity index (χ1v) is 9.21. The third-order valence-electron chi connectivity index (χ3n) is 4.39. The number of rotatable bonds is 7. The summed E-state index contributed by atoms with van der Waals surface area (Å²) in [6.07, 6.45) is 0.0195. The van der Waals surface area contributed by atoms with Crippen molar-refractivity contribution in [1.82, 2.24) is 0 Å². The van der Waals surface area contributed by atoms with E-state index in [4.69, 9.17) is 9.47 Å². The predicted molar refractivity (Wildman–Crippen MR) is 104 cm³/mol. The molecular formula is C21H21FN2O5. The lowest BCUT2D eigenvalue weighted by molar-refractivity contribution is -0.151. The van der Waals surface area contributed by atoms with E-state index in [0.29, 0.717) is 23.7 Å². The highest BCUT2D eigenvalue weighted by atomic mass is 19.1. The number of hydrogen-bond donors (Lipinski definition) is 1. The first kappa shape index (κ1) is 20.3. The topological polar surface area (TPSA) is 84.9 Å². The molecule has 1 atom stereocenters. The van der Waals surface area contributed by atoms with Gasteiger partial charge in [0.15, 0.2) is 6.61 Å². The van der Waals surface area contributed by atoms with Crippen molar-refractivity contribution in [1.29, 1.82) is 0 Å². The van der Waals surface area contributed by atoms with Crippen molar-refractivity contribution in [3.63, 3.8) is 0 Å². The van der Waals surface area contributed by atoms with Crippen molar-refractivity contribution in [2.75, 3.05) is 30.0 Å². The molecule has 3 rings (SSSR count). The van der Waals surface area contributed by atoms with Gasteiger partial charge in [-0.2, -0.15) is 0 Å². The maximum Gasteiger partial charge on any atom is 0.311 e. The van der Waals surface area contributed by atoms with Crippen LogP contribution >= 0.6 is 0 Å². The molecule has 2 aromatic rings. The molecule has 152 valence electrons. The Morgan fingerprint density at radius 3 is 2.48 bits per heavy atom. The molecule has 1 aliphatic rings. The quantitative estimate of drug-likeness (QED) is 0.723. The molecule has 0 saturated carbocycles. The zero-order valence-corrected chi connectivity index (χ0v) is 15.9. The Bertz CT molecular complexity index is 883. The number of nitrogens with zero attached hydrogens (tertiary/aromatic N) is 1. The predicted octanol–water partition coefficient (Wildman–Crippen LogP) is 2.76. The lowest BCUT2D eigenvalue weighted by Gasteiger charge is -2.17. The van der Waals surface area contributed by atoms with E-state index in [1.807, 2.05) is 6.92 Å². The largest absolute Gasteiger partial charge is 0.494 e. The van der Waals surface area contributed by atoms with Gasteiger partial charge in [-0.1, -0.05) is 0 Å². The van der Waals surface area contributed by atoms with Crippen LogP contribution in [-0.2, 0) is 19.1 Å². The van der Waals surface area contributed by atoms with Gasteiger partial charge in [-0.25, -0.2) is 4.39 Å². The van der Waals surface area contributed by atoms with Crippen LogP contribution in [0.25, 0.3) is 0 Å². The molecule has 0 aromatic heterocycles. The Balaban J connectivity index is 1.50. The molecule has 7 nitrogen and oxygen atoms in total. The van der Waals surface area contributed by atoms with Crippen LogP contribution in [0.1, 0.15) is 13.3 Å². The molecule has 29 heavy (non-hydrogen) atoms. The van der Waals surface area contributed by atoms with E-state index in [0.717, 1.165) is 0 Å². The van der Waals surface area contributed by atoms with Gasteiger partial charge in [0.05, 0.1) is 12.5 Å². The molecule has 2 amide bonds. The number of amides is 2. The molecule has 0 spiro atoms. The summed E-state index contributed by atoms with van der Waals surface area (Å²) >= 11 is 0. The average Bonchev–Trinajstić information content (AvgIpc) is 3.10. The highest BCUT2D eigenvalue weighted by Gasteiger charge is 2.36. The fourth-order valence-corrected chi connectivity index (χ4v) is 2.99. The summed E-state index contributed by atoms with van der Waals surface area (Å²) in [5.41, 5.74) is 1.06. The van der Waals surface area contributed by atoms with E-state index in [9.17, 15) is 18.8 Å². The molecule has 1 heterocycles. The molecule has 1 fully saturated rings. The molecule has 0 unspecified atom stereocenters. The minimum Gasteiger partial charge on any atom is -0.494 e. The SMILES string of the molecule is CCOc1ccc(N2C[C@@H](C(=O)OCC(=O)Nc3ccc(F)cc3)CC2=O)cc1. The standard InChI is InChI=1S/C21H21FN2O5/c1-2-28-18-9-7-17(8-10-18)24-12-14(11-20(24)26)21(27)29-13-19(25)23-16-5-3-15(22)4-6-16/h3-10,14H,2,11-13H2,1H3,(H,23,25)/t14-/m0/s1. The molecule has 8 heteroatoms. The molecule has 2 aromatic carbocycles. The maximum atomic E-state index is 12.9. The molecule has 1 N–H and O–H groups in total. The summed E-state index contributed by atoms with van der Waals surface area (Å²) < 4.78 is 23.3. The minimum atomic E-state index is -0.646. The van der Waals surface area contributed by atoms with Crippen LogP contribution in [0.2, 0.25) is 0 Å². The van der Waals surface area contributed by atoms with Crippen LogP contribution in [0.5, 0.6) is 5.75 Å². The lowest BCUT2D eigenvalue weighted by atomic mass is 10.1. The van der Waals surface area contributed by atoms with E-state index >= 15 is 0 Å². The van der Waals surface area contributed by atoms with Crippen molar-refractivity contribution in [2.45, 2.75) is 13.3 Å². The number of ether oxygens (including phenoxy) is 2. The molecule has 0 bridgehead atoms. The van der Waals surface area contributed by atoms with Crippen LogP contribution < -0.4 is 15.0 Å². The second-order valence-electron chi connectivity index (χ2n) is 6.50. The van der Waals surface area contributed by atoms with Crippen LogP contribution in [-0.4, -0.2) is 37.5 Å². The summed E-state index contributed by atoms with van der Waals surface area (Å²) in [5, 5.41) is 2.50. The monoisotopic (exact) mass is 400 g/mol. The molecule has 0 aliphatic carbocycles. The zero-order chi connectivity index (χ0) is 20.8. The molecule has 1 saturated heterocycles. The third kappa shape index (κ3) is 5.31. The van der Waals surface area contributed by atoms with Gasteiger partial charge in [0.1, 0.15) is 11.6 Å². The van der Waals surface area contributed by atoms with Crippen LogP contribution in [0.4, 0.5) is 15.8 Å². The molecular weight excluding hydrogens is 379 g/mol. The number of halogens is 1. The normalized spacial score (nSPS) is 15.9. The van der Waals surface area contributed by atoms with Gasteiger partial charge in [-0.15, -0.1) is 0 Å². The van der Waals surface area contributed by atoms with Crippen molar-refractivity contribution < 1.29 is 28.2 Å². The van der Waals surface area contributed by atoms with Crippen molar-refractivity contribution in [3.8, 4) is 5.75 Å². The van der Waals surface area contributed by atoms with E-state index in [1.165, 1.54) is 29.2 Å². The number of carbonyl (C=O) groups excluding carboxylic acids is 3. The Morgan fingerprint density at radius 1 is 1.14 bits per heavy atom. The van der Waals surface area contributed by atoms with Gasteiger partial charge in [-0.05, 0) is 55.5 Å². The van der Waals surface area contributed by atoms with E-state index in [-0.39, 0.29) is 18.9 Å². The lowest BCUT2D eigenvalue weighted by Crippen LogP contribution is -2.28. The van der Waals surface area contributed by atoms with Crippen LogP contribution in [0, 0.1) is 11.7 Å². The Morgan fingerprint density at radius 2 is 1.83 bits per heavy atom. The zero-order valence-electron chi connectivity index (χ0n) is 15.9. The Labute approximate surface area is 167 Å².